The third kappa shape index (κ3) is 5.13. The summed E-state index contributed by atoms with van der Waals surface area (Å²) >= 11 is 11.9. The van der Waals surface area contributed by atoms with Gasteiger partial charge in [0.25, 0.3) is 5.69 Å². The molecule has 0 bridgehead atoms. The molecule has 0 saturated carbocycles. The van der Waals surface area contributed by atoms with Crippen molar-refractivity contribution in [3.8, 4) is 0 Å². The van der Waals surface area contributed by atoms with Crippen LogP contribution in [0, 0.1) is 22.9 Å². The Kier molecular flexibility index (Phi) is 7.62. The molecule has 0 amide bonds. The fourth-order valence-electron chi connectivity index (χ4n) is 3.43. The number of anilines is 1. The van der Waals surface area contributed by atoms with Gasteiger partial charge in [-0.3, -0.25) is 15.0 Å². The minimum Gasteiger partial charge on any atom is -0.460 e. The molecule has 1 atom stereocenters. The van der Waals surface area contributed by atoms with Gasteiger partial charge in [-0.05, 0) is 49.8 Å². The van der Waals surface area contributed by atoms with Gasteiger partial charge in [-0.25, -0.2) is 9.18 Å². The first-order valence-electron chi connectivity index (χ1n) is 9.83. The van der Waals surface area contributed by atoms with E-state index in [-0.39, 0.29) is 40.2 Å². The van der Waals surface area contributed by atoms with Crippen LogP contribution in [0.4, 0.5) is 15.8 Å². The number of nitro groups is 1. The lowest BCUT2D eigenvalue weighted by atomic mass is 9.94. The SMILES string of the molecule is COCCOC(=O)C1=C(C)N(c2ccc(C)c(F)c2)C(=S)NC1c1cc([N+](=O)[O-])ccc1Cl. The number of aryl methyl sites for hydroxylation is 1. The minimum atomic E-state index is -0.925. The molecule has 8 nitrogen and oxygen atoms in total. The van der Waals surface area contributed by atoms with E-state index in [1.807, 2.05) is 0 Å². The van der Waals surface area contributed by atoms with E-state index in [4.69, 9.17) is 33.3 Å². The number of benzene rings is 2. The molecule has 1 aliphatic heterocycles. The molecule has 2 aromatic carbocycles. The van der Waals surface area contributed by atoms with Crippen molar-refractivity contribution in [2.75, 3.05) is 25.2 Å². The molecule has 33 heavy (non-hydrogen) atoms. The summed E-state index contributed by atoms with van der Waals surface area (Å²) in [5.41, 5.74) is 1.44. The van der Waals surface area contributed by atoms with Gasteiger partial charge in [0, 0.05) is 35.5 Å². The summed E-state index contributed by atoms with van der Waals surface area (Å²) in [7, 11) is 1.47. The highest BCUT2D eigenvalue weighted by Gasteiger charge is 2.37. The second kappa shape index (κ2) is 10.2. The highest BCUT2D eigenvalue weighted by atomic mass is 35.5. The molecule has 1 aliphatic rings. The lowest BCUT2D eigenvalue weighted by Gasteiger charge is -2.37. The first-order valence-corrected chi connectivity index (χ1v) is 10.6. The van der Waals surface area contributed by atoms with Gasteiger partial charge >= 0.3 is 5.97 Å². The van der Waals surface area contributed by atoms with E-state index in [0.29, 0.717) is 16.9 Å². The number of carbonyl (C=O) groups excluding carboxylic acids is 1. The quantitative estimate of drug-likeness (QED) is 0.197. The molecular formula is C22H21ClFN3O5S. The van der Waals surface area contributed by atoms with E-state index in [1.54, 1.807) is 26.0 Å². The molecule has 0 aliphatic carbocycles. The highest BCUT2D eigenvalue weighted by molar-refractivity contribution is 7.80. The van der Waals surface area contributed by atoms with Crippen molar-refractivity contribution >= 4 is 46.3 Å². The highest BCUT2D eigenvalue weighted by Crippen LogP contribution is 2.38. The second-order valence-corrected chi connectivity index (χ2v) is 8.04. The number of nitrogens with zero attached hydrogens (tertiary/aromatic N) is 2. The number of ether oxygens (including phenoxy) is 2. The average Bonchev–Trinajstić information content (AvgIpc) is 2.76. The lowest BCUT2D eigenvalue weighted by molar-refractivity contribution is -0.384. The maximum absolute atomic E-state index is 14.3. The number of allylic oxidation sites excluding steroid dienone is 1. The topological polar surface area (TPSA) is 93.9 Å². The van der Waals surface area contributed by atoms with Crippen molar-refractivity contribution < 1.29 is 23.6 Å². The van der Waals surface area contributed by atoms with Crippen LogP contribution < -0.4 is 10.2 Å². The smallest absolute Gasteiger partial charge is 0.338 e. The number of nitro benzene ring substituents is 1. The van der Waals surface area contributed by atoms with Gasteiger partial charge in [-0.2, -0.15) is 0 Å². The zero-order chi connectivity index (χ0) is 24.3. The zero-order valence-corrected chi connectivity index (χ0v) is 19.6. The van der Waals surface area contributed by atoms with Gasteiger partial charge < -0.3 is 14.8 Å². The number of non-ortho nitro benzene ring substituents is 1. The second-order valence-electron chi connectivity index (χ2n) is 7.24. The average molecular weight is 494 g/mol. The predicted molar refractivity (Wildman–Crippen MR) is 126 cm³/mol. The molecule has 2 aromatic rings. The van der Waals surface area contributed by atoms with Crippen LogP contribution in [0.2, 0.25) is 5.02 Å². The summed E-state index contributed by atoms with van der Waals surface area (Å²) < 4.78 is 24.5. The van der Waals surface area contributed by atoms with E-state index >= 15 is 0 Å². The number of esters is 1. The maximum atomic E-state index is 14.3. The number of carbonyl (C=O) groups is 1. The number of halogens is 2. The van der Waals surface area contributed by atoms with Crippen LogP contribution in [0.25, 0.3) is 0 Å². The van der Waals surface area contributed by atoms with Gasteiger partial charge in [0.2, 0.25) is 0 Å². The summed E-state index contributed by atoms with van der Waals surface area (Å²) in [6.07, 6.45) is 0. The normalized spacial score (nSPS) is 16.0. The minimum absolute atomic E-state index is 0.00882. The zero-order valence-electron chi connectivity index (χ0n) is 18.1. The van der Waals surface area contributed by atoms with Crippen LogP contribution in [-0.2, 0) is 14.3 Å². The fraction of sp³-hybridized carbons (Fsp3) is 0.273. The first kappa shape index (κ1) is 24.6. The Labute approximate surface area is 200 Å². The van der Waals surface area contributed by atoms with Crippen LogP contribution in [0.15, 0.2) is 47.7 Å². The summed E-state index contributed by atoms with van der Waals surface area (Å²) in [6, 6.07) is 7.57. The number of hydrogen-bond donors (Lipinski definition) is 1. The van der Waals surface area contributed by atoms with Crippen molar-refractivity contribution in [3.05, 3.63) is 79.7 Å². The summed E-state index contributed by atoms with van der Waals surface area (Å²) in [6.45, 7) is 3.44. The van der Waals surface area contributed by atoms with Crippen LogP contribution >= 0.6 is 23.8 Å². The van der Waals surface area contributed by atoms with E-state index in [9.17, 15) is 19.3 Å². The number of thiocarbonyl (C=S) groups is 1. The number of methoxy groups -OCH3 is 1. The third-order valence-corrected chi connectivity index (χ3v) is 5.78. The maximum Gasteiger partial charge on any atom is 0.338 e. The Balaban J connectivity index is 2.16. The van der Waals surface area contributed by atoms with E-state index in [0.717, 1.165) is 0 Å². The van der Waals surface area contributed by atoms with Crippen molar-refractivity contribution in [1.82, 2.24) is 5.32 Å². The molecule has 0 spiro atoms. The Bertz CT molecular complexity index is 1160. The third-order valence-electron chi connectivity index (χ3n) is 5.14. The Hall–Kier alpha value is -3.08. The molecule has 1 unspecified atom stereocenters. The van der Waals surface area contributed by atoms with Gasteiger partial charge in [0.1, 0.15) is 12.4 Å². The van der Waals surface area contributed by atoms with Crippen LogP contribution in [0.1, 0.15) is 24.1 Å². The molecule has 0 fully saturated rings. The van der Waals surface area contributed by atoms with Gasteiger partial charge in [0.15, 0.2) is 5.11 Å². The Morgan fingerprint density at radius 2 is 2.00 bits per heavy atom. The number of rotatable bonds is 7. The Morgan fingerprint density at radius 1 is 1.27 bits per heavy atom. The van der Waals surface area contributed by atoms with Gasteiger partial charge in [-0.15, -0.1) is 0 Å². The molecule has 1 heterocycles. The van der Waals surface area contributed by atoms with Crippen molar-refractivity contribution in [2.24, 2.45) is 0 Å². The molecule has 3 rings (SSSR count). The van der Waals surface area contributed by atoms with Crippen LogP contribution in [0.3, 0.4) is 0 Å². The van der Waals surface area contributed by atoms with Crippen LogP contribution in [0.5, 0.6) is 0 Å². The van der Waals surface area contributed by atoms with E-state index < -0.39 is 22.8 Å². The molecule has 0 radical (unpaired) electrons. The lowest BCUT2D eigenvalue weighted by Crippen LogP contribution is -2.48. The molecule has 1 N–H and O–H groups in total. The fourth-order valence-corrected chi connectivity index (χ4v) is 4.02. The van der Waals surface area contributed by atoms with Crippen LogP contribution in [-0.4, -0.2) is 36.3 Å². The van der Waals surface area contributed by atoms with Crippen molar-refractivity contribution in [2.45, 2.75) is 19.9 Å². The number of hydrogen-bond acceptors (Lipinski definition) is 6. The molecule has 0 saturated heterocycles. The van der Waals surface area contributed by atoms with Crippen molar-refractivity contribution in [1.29, 1.82) is 0 Å². The van der Waals surface area contributed by atoms with Gasteiger partial charge in [0.05, 0.1) is 28.8 Å². The largest absolute Gasteiger partial charge is 0.460 e. The molecule has 174 valence electrons. The monoisotopic (exact) mass is 493 g/mol. The van der Waals surface area contributed by atoms with Gasteiger partial charge in [-0.1, -0.05) is 17.7 Å². The number of nitrogens with one attached hydrogen (secondary N) is 1. The van der Waals surface area contributed by atoms with E-state index in [2.05, 4.69) is 5.32 Å². The summed E-state index contributed by atoms with van der Waals surface area (Å²) in [5.74, 6) is -1.12. The van der Waals surface area contributed by atoms with E-state index in [1.165, 1.54) is 36.3 Å². The standard InChI is InChI=1S/C22H21ClFN3O5S/c1-12-4-5-14(11-18(12)24)26-13(2)19(21(28)32-9-8-31-3)20(25-22(26)33)16-10-15(27(29)30)6-7-17(16)23/h4-7,10-11,20H,8-9H2,1-3H3,(H,25,33). The summed E-state index contributed by atoms with van der Waals surface area (Å²) in [4.78, 5) is 25.4. The summed E-state index contributed by atoms with van der Waals surface area (Å²) in [5, 5.41) is 14.7. The Morgan fingerprint density at radius 3 is 2.64 bits per heavy atom. The molecule has 0 aromatic heterocycles. The van der Waals surface area contributed by atoms with Crippen molar-refractivity contribution in [3.63, 3.8) is 0 Å². The predicted octanol–water partition coefficient (Wildman–Crippen LogP) is 4.60. The first-order chi connectivity index (χ1) is 15.6. The molecule has 11 heteroatoms. The molecular weight excluding hydrogens is 473 g/mol.